The Kier molecular flexibility index (Phi) is 3.06. The van der Waals surface area contributed by atoms with E-state index >= 15 is 0 Å². The SMILES string of the molecule is CC1CCC[C@@H](C)N1CC=N. The van der Waals surface area contributed by atoms with Crippen LogP contribution in [0.25, 0.3) is 0 Å². The Labute approximate surface area is 69.1 Å². The highest BCUT2D eigenvalue weighted by molar-refractivity contribution is 5.55. The molecule has 0 aromatic carbocycles. The van der Waals surface area contributed by atoms with Crippen molar-refractivity contribution in [2.24, 2.45) is 0 Å². The number of hydrogen-bond acceptors (Lipinski definition) is 2. The minimum Gasteiger partial charge on any atom is -0.312 e. The van der Waals surface area contributed by atoms with Gasteiger partial charge in [0.15, 0.2) is 0 Å². The highest BCUT2D eigenvalue weighted by Crippen LogP contribution is 2.21. The normalized spacial score (nSPS) is 33.6. The summed E-state index contributed by atoms with van der Waals surface area (Å²) >= 11 is 0. The maximum atomic E-state index is 7.05. The lowest BCUT2D eigenvalue weighted by Gasteiger charge is -2.37. The van der Waals surface area contributed by atoms with E-state index < -0.39 is 0 Å². The Morgan fingerprint density at radius 1 is 1.36 bits per heavy atom. The number of hydrogen-bond donors (Lipinski definition) is 1. The second kappa shape index (κ2) is 3.86. The molecule has 0 spiro atoms. The van der Waals surface area contributed by atoms with Crippen LogP contribution in [0.1, 0.15) is 33.1 Å². The van der Waals surface area contributed by atoms with Crippen LogP contribution in [0.5, 0.6) is 0 Å². The fourth-order valence-corrected chi connectivity index (χ4v) is 1.94. The third-order valence-corrected chi connectivity index (χ3v) is 2.68. The second-order valence-corrected chi connectivity index (χ2v) is 3.53. The molecule has 2 atom stereocenters. The smallest absolute Gasteiger partial charge is 0.0336 e. The zero-order valence-electron chi connectivity index (χ0n) is 7.51. The van der Waals surface area contributed by atoms with E-state index in [1.54, 1.807) is 0 Å². The van der Waals surface area contributed by atoms with E-state index in [4.69, 9.17) is 5.41 Å². The van der Waals surface area contributed by atoms with E-state index in [1.165, 1.54) is 25.5 Å². The predicted octanol–water partition coefficient (Wildman–Crippen LogP) is 1.90. The fourth-order valence-electron chi connectivity index (χ4n) is 1.94. The number of likely N-dealkylation sites (tertiary alicyclic amines) is 1. The summed E-state index contributed by atoms with van der Waals surface area (Å²) in [5.74, 6) is 0. The van der Waals surface area contributed by atoms with Gasteiger partial charge in [-0.15, -0.1) is 0 Å². The number of rotatable bonds is 2. The van der Waals surface area contributed by atoms with E-state index in [-0.39, 0.29) is 0 Å². The molecule has 0 amide bonds. The fraction of sp³-hybridized carbons (Fsp3) is 0.889. The van der Waals surface area contributed by atoms with Crippen molar-refractivity contribution in [1.29, 1.82) is 5.41 Å². The lowest BCUT2D eigenvalue weighted by Crippen LogP contribution is -2.44. The molecule has 0 aliphatic carbocycles. The van der Waals surface area contributed by atoms with Crippen molar-refractivity contribution in [3.8, 4) is 0 Å². The first-order valence-electron chi connectivity index (χ1n) is 4.50. The van der Waals surface area contributed by atoms with Gasteiger partial charge in [0.25, 0.3) is 0 Å². The summed E-state index contributed by atoms with van der Waals surface area (Å²) in [6.45, 7) is 5.36. The van der Waals surface area contributed by atoms with Gasteiger partial charge in [-0.05, 0) is 26.7 Å². The second-order valence-electron chi connectivity index (χ2n) is 3.53. The molecule has 1 aliphatic heterocycles. The maximum absolute atomic E-state index is 7.05. The molecule has 0 bridgehead atoms. The van der Waals surface area contributed by atoms with Crippen LogP contribution < -0.4 is 0 Å². The van der Waals surface area contributed by atoms with E-state index in [0.717, 1.165) is 6.54 Å². The van der Waals surface area contributed by atoms with Crippen molar-refractivity contribution < 1.29 is 0 Å². The Morgan fingerprint density at radius 2 is 1.91 bits per heavy atom. The molecule has 1 unspecified atom stereocenters. The molecule has 0 aromatic heterocycles. The summed E-state index contributed by atoms with van der Waals surface area (Å²) in [5, 5.41) is 7.05. The molecule has 1 fully saturated rings. The van der Waals surface area contributed by atoms with Gasteiger partial charge in [0, 0.05) is 24.8 Å². The molecule has 2 heteroatoms. The summed E-state index contributed by atoms with van der Waals surface area (Å²) in [4.78, 5) is 2.41. The first kappa shape index (κ1) is 8.72. The van der Waals surface area contributed by atoms with Crippen molar-refractivity contribution in [3.05, 3.63) is 0 Å². The van der Waals surface area contributed by atoms with Gasteiger partial charge >= 0.3 is 0 Å². The number of nitrogens with one attached hydrogen (secondary N) is 1. The molecule has 11 heavy (non-hydrogen) atoms. The van der Waals surface area contributed by atoms with Gasteiger partial charge in [-0.2, -0.15) is 0 Å². The van der Waals surface area contributed by atoms with Crippen molar-refractivity contribution in [1.82, 2.24) is 4.90 Å². The zero-order chi connectivity index (χ0) is 8.27. The van der Waals surface area contributed by atoms with Crippen LogP contribution in [0.2, 0.25) is 0 Å². The molecular weight excluding hydrogens is 136 g/mol. The molecule has 0 aromatic rings. The van der Waals surface area contributed by atoms with Gasteiger partial charge < -0.3 is 5.41 Å². The highest BCUT2D eigenvalue weighted by Gasteiger charge is 2.22. The standard InChI is InChI=1S/C9H18N2/c1-8-4-3-5-9(2)11(8)7-6-10/h6,8-10H,3-5,7H2,1-2H3/t8-,9?/m1/s1. The summed E-state index contributed by atoms with van der Waals surface area (Å²) in [6, 6.07) is 1.36. The van der Waals surface area contributed by atoms with Crippen molar-refractivity contribution in [2.45, 2.75) is 45.2 Å². The topological polar surface area (TPSA) is 27.1 Å². The van der Waals surface area contributed by atoms with Crippen LogP contribution in [0.3, 0.4) is 0 Å². The van der Waals surface area contributed by atoms with Gasteiger partial charge in [0.05, 0.1) is 0 Å². The van der Waals surface area contributed by atoms with Crippen LogP contribution in [0.15, 0.2) is 0 Å². The summed E-state index contributed by atoms with van der Waals surface area (Å²) in [5.41, 5.74) is 0. The van der Waals surface area contributed by atoms with E-state index in [1.807, 2.05) is 0 Å². The number of nitrogens with zero attached hydrogens (tertiary/aromatic N) is 1. The molecule has 1 saturated heterocycles. The average molecular weight is 154 g/mol. The monoisotopic (exact) mass is 154 g/mol. The lowest BCUT2D eigenvalue weighted by atomic mass is 9.98. The van der Waals surface area contributed by atoms with E-state index in [9.17, 15) is 0 Å². The average Bonchev–Trinajstić information content (AvgIpc) is 1.97. The van der Waals surface area contributed by atoms with E-state index in [2.05, 4.69) is 18.7 Å². The quantitative estimate of drug-likeness (QED) is 0.604. The summed E-state index contributed by atoms with van der Waals surface area (Å²) < 4.78 is 0. The minimum absolute atomic E-state index is 0.681. The third-order valence-electron chi connectivity index (χ3n) is 2.68. The predicted molar refractivity (Wildman–Crippen MR) is 48.3 cm³/mol. The molecule has 1 aliphatic rings. The molecule has 1 N–H and O–H groups in total. The van der Waals surface area contributed by atoms with E-state index in [0.29, 0.717) is 12.1 Å². The van der Waals surface area contributed by atoms with Crippen LogP contribution in [-0.2, 0) is 0 Å². The molecule has 64 valence electrons. The van der Waals surface area contributed by atoms with Gasteiger partial charge in [-0.3, -0.25) is 4.90 Å². The largest absolute Gasteiger partial charge is 0.312 e. The maximum Gasteiger partial charge on any atom is 0.0336 e. The van der Waals surface area contributed by atoms with Crippen LogP contribution in [-0.4, -0.2) is 29.7 Å². The van der Waals surface area contributed by atoms with Crippen LogP contribution in [0.4, 0.5) is 0 Å². The van der Waals surface area contributed by atoms with Gasteiger partial charge in [0.2, 0.25) is 0 Å². The van der Waals surface area contributed by atoms with Crippen molar-refractivity contribution in [3.63, 3.8) is 0 Å². The van der Waals surface area contributed by atoms with Crippen molar-refractivity contribution in [2.75, 3.05) is 6.54 Å². The zero-order valence-corrected chi connectivity index (χ0v) is 7.51. The first-order chi connectivity index (χ1) is 5.25. The molecule has 0 radical (unpaired) electrons. The summed E-state index contributed by atoms with van der Waals surface area (Å²) in [6.07, 6.45) is 5.48. The van der Waals surface area contributed by atoms with Gasteiger partial charge in [-0.1, -0.05) is 6.42 Å². The molecule has 2 nitrogen and oxygen atoms in total. The third kappa shape index (κ3) is 2.03. The molecule has 1 heterocycles. The summed E-state index contributed by atoms with van der Waals surface area (Å²) in [7, 11) is 0. The van der Waals surface area contributed by atoms with Crippen molar-refractivity contribution >= 4 is 6.21 Å². The molecular formula is C9H18N2. The highest BCUT2D eigenvalue weighted by atomic mass is 15.2. The lowest BCUT2D eigenvalue weighted by molar-refractivity contribution is 0.125. The Bertz CT molecular complexity index is 124. The molecule has 0 saturated carbocycles. The van der Waals surface area contributed by atoms with Crippen LogP contribution >= 0.6 is 0 Å². The van der Waals surface area contributed by atoms with Crippen LogP contribution in [0, 0.1) is 5.41 Å². The Balaban J connectivity index is 2.47. The Hall–Kier alpha value is -0.370. The first-order valence-corrected chi connectivity index (χ1v) is 4.50. The van der Waals surface area contributed by atoms with Gasteiger partial charge in [-0.25, -0.2) is 0 Å². The minimum atomic E-state index is 0.681. The number of piperidine rings is 1. The van der Waals surface area contributed by atoms with Gasteiger partial charge in [0.1, 0.15) is 0 Å². The Morgan fingerprint density at radius 3 is 2.36 bits per heavy atom. The molecule has 1 rings (SSSR count).